The molecule has 0 aliphatic rings. The SMILES string of the molecule is O=C(Nc1ccccc1-c1ccccc1NC(=O)c1sc2ccccc2c1Cl)c1sc2ccccc2c1Cl. The molecule has 2 aromatic heterocycles. The van der Waals surface area contributed by atoms with E-state index in [0.29, 0.717) is 31.2 Å². The van der Waals surface area contributed by atoms with Crippen LogP contribution in [0.25, 0.3) is 31.3 Å². The zero-order valence-corrected chi connectivity index (χ0v) is 22.8. The number of anilines is 2. The van der Waals surface area contributed by atoms with Gasteiger partial charge in [0.15, 0.2) is 0 Å². The largest absolute Gasteiger partial charge is 0.321 e. The molecule has 6 rings (SSSR count). The number of hydrogen-bond acceptors (Lipinski definition) is 4. The molecule has 0 saturated carbocycles. The first-order valence-electron chi connectivity index (χ1n) is 11.7. The predicted molar refractivity (Wildman–Crippen MR) is 161 cm³/mol. The zero-order chi connectivity index (χ0) is 26.2. The topological polar surface area (TPSA) is 58.2 Å². The maximum absolute atomic E-state index is 13.3. The first-order valence-corrected chi connectivity index (χ1v) is 14.1. The number of thiophene rings is 2. The third kappa shape index (κ3) is 4.46. The molecule has 0 aliphatic carbocycles. The molecule has 2 N–H and O–H groups in total. The van der Waals surface area contributed by atoms with E-state index in [2.05, 4.69) is 10.6 Å². The second-order valence-electron chi connectivity index (χ2n) is 8.48. The molecule has 0 unspecified atom stereocenters. The van der Waals surface area contributed by atoms with Crippen molar-refractivity contribution in [2.45, 2.75) is 0 Å². The summed E-state index contributed by atoms with van der Waals surface area (Å²) < 4.78 is 1.90. The number of carbonyl (C=O) groups is 2. The monoisotopic (exact) mass is 572 g/mol. The smallest absolute Gasteiger partial charge is 0.267 e. The van der Waals surface area contributed by atoms with E-state index in [4.69, 9.17) is 23.2 Å². The molecular weight excluding hydrogens is 555 g/mol. The van der Waals surface area contributed by atoms with Gasteiger partial charge in [-0.15, -0.1) is 22.7 Å². The van der Waals surface area contributed by atoms with Crippen molar-refractivity contribution in [1.82, 2.24) is 0 Å². The van der Waals surface area contributed by atoms with Crippen molar-refractivity contribution in [1.29, 1.82) is 0 Å². The molecule has 4 nitrogen and oxygen atoms in total. The number of nitrogens with one attached hydrogen (secondary N) is 2. The number of hydrogen-bond donors (Lipinski definition) is 2. The summed E-state index contributed by atoms with van der Waals surface area (Å²) in [6.45, 7) is 0. The molecule has 2 heterocycles. The number of halogens is 2. The predicted octanol–water partition coefficient (Wildman–Crippen LogP) is 9.59. The first-order chi connectivity index (χ1) is 18.5. The quantitative estimate of drug-likeness (QED) is 0.216. The Balaban J connectivity index is 1.33. The van der Waals surface area contributed by atoms with Gasteiger partial charge in [-0.05, 0) is 24.3 Å². The lowest BCUT2D eigenvalue weighted by Gasteiger charge is -2.15. The van der Waals surface area contributed by atoms with Crippen molar-refractivity contribution >= 4 is 89.2 Å². The zero-order valence-electron chi connectivity index (χ0n) is 19.6. The molecule has 0 spiro atoms. The van der Waals surface area contributed by atoms with E-state index in [1.165, 1.54) is 22.7 Å². The van der Waals surface area contributed by atoms with E-state index in [9.17, 15) is 9.59 Å². The lowest BCUT2D eigenvalue weighted by atomic mass is 10.0. The van der Waals surface area contributed by atoms with Crippen LogP contribution >= 0.6 is 45.9 Å². The maximum atomic E-state index is 13.3. The Morgan fingerprint density at radius 3 is 1.32 bits per heavy atom. The third-order valence-corrected chi connectivity index (χ3v) is 9.47. The highest BCUT2D eigenvalue weighted by Gasteiger charge is 2.21. The van der Waals surface area contributed by atoms with Crippen molar-refractivity contribution < 1.29 is 9.59 Å². The van der Waals surface area contributed by atoms with Gasteiger partial charge in [0.2, 0.25) is 0 Å². The average Bonchev–Trinajstić information content (AvgIpc) is 3.46. The van der Waals surface area contributed by atoms with Gasteiger partial charge in [0, 0.05) is 42.7 Å². The minimum atomic E-state index is -0.290. The third-order valence-electron chi connectivity index (χ3n) is 6.12. The Bertz CT molecular complexity index is 1720. The second kappa shape index (κ2) is 10.2. The summed E-state index contributed by atoms with van der Waals surface area (Å²) in [7, 11) is 0. The van der Waals surface area contributed by atoms with Crippen molar-refractivity contribution in [2.75, 3.05) is 10.6 Å². The Morgan fingerprint density at radius 2 is 0.895 bits per heavy atom. The maximum Gasteiger partial charge on any atom is 0.267 e. The molecule has 0 bridgehead atoms. The van der Waals surface area contributed by atoms with Crippen LogP contribution in [-0.4, -0.2) is 11.8 Å². The van der Waals surface area contributed by atoms with Gasteiger partial charge < -0.3 is 10.6 Å². The number of carbonyl (C=O) groups excluding carboxylic acids is 2. The number of benzene rings is 4. The molecule has 0 aliphatic heterocycles. The molecule has 0 atom stereocenters. The molecule has 0 fully saturated rings. The van der Waals surface area contributed by atoms with E-state index < -0.39 is 0 Å². The fourth-order valence-corrected chi connectivity index (χ4v) is 7.16. The van der Waals surface area contributed by atoms with Crippen LogP contribution in [0, 0.1) is 0 Å². The lowest BCUT2D eigenvalue weighted by molar-refractivity contribution is 0.102. The van der Waals surface area contributed by atoms with Crippen LogP contribution in [0.1, 0.15) is 19.3 Å². The Hall–Kier alpha value is -3.68. The summed E-state index contributed by atoms with van der Waals surface area (Å²) in [6, 6.07) is 30.3. The number of fused-ring (bicyclic) bond motifs is 2. The Morgan fingerprint density at radius 1 is 0.526 bits per heavy atom. The minimum Gasteiger partial charge on any atom is -0.321 e. The van der Waals surface area contributed by atoms with Crippen LogP contribution in [0.15, 0.2) is 97.1 Å². The van der Waals surface area contributed by atoms with Gasteiger partial charge in [0.25, 0.3) is 11.8 Å². The molecule has 0 radical (unpaired) electrons. The highest BCUT2D eigenvalue weighted by Crippen LogP contribution is 2.39. The summed E-state index contributed by atoms with van der Waals surface area (Å²) in [5.41, 5.74) is 2.73. The summed E-state index contributed by atoms with van der Waals surface area (Å²) in [5, 5.41) is 8.62. The molecular formula is C30H18Cl2N2O2S2. The van der Waals surface area contributed by atoms with Gasteiger partial charge in [0.1, 0.15) is 9.75 Å². The molecule has 186 valence electrons. The van der Waals surface area contributed by atoms with Crippen LogP contribution in [0.4, 0.5) is 11.4 Å². The normalized spacial score (nSPS) is 11.1. The molecule has 6 aromatic rings. The van der Waals surface area contributed by atoms with E-state index in [1.54, 1.807) is 0 Å². The summed E-state index contributed by atoms with van der Waals surface area (Å²) in [5.74, 6) is -0.579. The van der Waals surface area contributed by atoms with Crippen LogP contribution in [0.3, 0.4) is 0 Å². The Kier molecular flexibility index (Phi) is 6.64. The molecule has 4 aromatic carbocycles. The summed E-state index contributed by atoms with van der Waals surface area (Å²) in [4.78, 5) is 27.5. The summed E-state index contributed by atoms with van der Waals surface area (Å²) in [6.07, 6.45) is 0. The fourth-order valence-electron chi connectivity index (χ4n) is 4.33. The van der Waals surface area contributed by atoms with Crippen molar-refractivity contribution in [3.63, 3.8) is 0 Å². The first kappa shape index (κ1) is 24.6. The highest BCUT2D eigenvalue weighted by atomic mass is 35.5. The van der Waals surface area contributed by atoms with Gasteiger partial charge >= 0.3 is 0 Å². The highest BCUT2D eigenvalue weighted by molar-refractivity contribution is 7.22. The van der Waals surface area contributed by atoms with Gasteiger partial charge in [0.05, 0.1) is 10.0 Å². The molecule has 0 saturated heterocycles. The van der Waals surface area contributed by atoms with Crippen molar-refractivity contribution in [3.8, 4) is 11.1 Å². The van der Waals surface area contributed by atoms with Gasteiger partial charge in [-0.25, -0.2) is 0 Å². The number of rotatable bonds is 5. The molecule has 2 amide bonds. The second-order valence-corrected chi connectivity index (χ2v) is 11.3. The van der Waals surface area contributed by atoms with Crippen LogP contribution in [0.2, 0.25) is 10.0 Å². The van der Waals surface area contributed by atoms with Gasteiger partial charge in [-0.1, -0.05) is 96.0 Å². The standard InChI is InChI=1S/C30H18Cl2N2O2S2/c31-25-19-11-3-7-15-23(19)37-27(25)29(35)33-21-13-5-1-9-17(21)18-10-2-6-14-22(18)34-30(36)28-26(32)20-12-4-8-16-24(20)38-28/h1-16H,(H,33,35)(H,34,36). The van der Waals surface area contributed by atoms with Gasteiger partial charge in [-0.2, -0.15) is 0 Å². The van der Waals surface area contributed by atoms with Crippen LogP contribution in [-0.2, 0) is 0 Å². The summed E-state index contributed by atoms with van der Waals surface area (Å²) >= 11 is 15.8. The number of para-hydroxylation sites is 2. The van der Waals surface area contributed by atoms with Crippen LogP contribution in [0.5, 0.6) is 0 Å². The van der Waals surface area contributed by atoms with Gasteiger partial charge in [-0.3, -0.25) is 9.59 Å². The lowest BCUT2D eigenvalue weighted by Crippen LogP contribution is -2.13. The van der Waals surface area contributed by atoms with E-state index in [-0.39, 0.29) is 11.8 Å². The molecule has 38 heavy (non-hydrogen) atoms. The Labute approximate surface area is 236 Å². The van der Waals surface area contributed by atoms with E-state index >= 15 is 0 Å². The van der Waals surface area contributed by atoms with Crippen molar-refractivity contribution in [2.24, 2.45) is 0 Å². The molecule has 8 heteroatoms. The van der Waals surface area contributed by atoms with E-state index in [1.807, 2.05) is 97.1 Å². The fraction of sp³-hybridized carbons (Fsp3) is 0. The van der Waals surface area contributed by atoms with Crippen molar-refractivity contribution in [3.05, 3.63) is 117 Å². The van der Waals surface area contributed by atoms with E-state index in [0.717, 1.165) is 31.3 Å². The average molecular weight is 574 g/mol. The van der Waals surface area contributed by atoms with Crippen LogP contribution < -0.4 is 10.6 Å². The minimum absolute atomic E-state index is 0.290. The number of amides is 2.